The number of aryl methyl sites for hydroxylation is 1. The van der Waals surface area contributed by atoms with Gasteiger partial charge in [-0.2, -0.15) is 0 Å². The van der Waals surface area contributed by atoms with Gasteiger partial charge in [0, 0.05) is 17.2 Å². The topological polar surface area (TPSA) is 76.2 Å². The highest BCUT2D eigenvalue weighted by atomic mass is 16.4. The van der Waals surface area contributed by atoms with E-state index in [1.807, 2.05) is 24.3 Å². The lowest BCUT2D eigenvalue weighted by atomic mass is 10.0. The third-order valence-corrected chi connectivity index (χ3v) is 5.17. The van der Waals surface area contributed by atoms with Gasteiger partial charge in [0.05, 0.1) is 17.5 Å². The first-order valence-corrected chi connectivity index (χ1v) is 9.85. The van der Waals surface area contributed by atoms with Crippen LogP contribution in [0.25, 0.3) is 44.9 Å². The summed E-state index contributed by atoms with van der Waals surface area (Å²) in [7, 11) is 0. The third kappa shape index (κ3) is 3.57. The summed E-state index contributed by atoms with van der Waals surface area (Å²) in [5.74, 6) is -0.348. The lowest BCUT2D eigenvalue weighted by Crippen LogP contribution is -2.00. The summed E-state index contributed by atoms with van der Waals surface area (Å²) in [5, 5.41) is 9.46. The van der Waals surface area contributed by atoms with Gasteiger partial charge in [-0.3, -0.25) is 0 Å². The van der Waals surface area contributed by atoms with Crippen LogP contribution >= 0.6 is 0 Å². The molecule has 5 aromatic rings. The Bertz CT molecular complexity index is 1440. The molecule has 0 amide bonds. The first-order valence-electron chi connectivity index (χ1n) is 9.85. The van der Waals surface area contributed by atoms with Gasteiger partial charge in [0.2, 0.25) is 5.71 Å². The van der Waals surface area contributed by atoms with Gasteiger partial charge in [0.15, 0.2) is 0 Å². The van der Waals surface area contributed by atoms with Gasteiger partial charge in [-0.15, -0.1) is 0 Å². The standard InChI is InChI=1S/C26H18N2O3/c1-16-6-4-7-17(12-16)18-8-5-9-19(13-18)24-14-22-25(31-24)28-23(15-27-22)20-10-2-3-11-21(20)26(29)30/h2-15H,1H3,(H,29,30). The van der Waals surface area contributed by atoms with E-state index < -0.39 is 5.97 Å². The molecule has 0 aliphatic rings. The summed E-state index contributed by atoms with van der Waals surface area (Å²) in [4.78, 5) is 20.5. The van der Waals surface area contributed by atoms with Gasteiger partial charge in [-0.25, -0.2) is 14.8 Å². The molecule has 1 N–H and O–H groups in total. The van der Waals surface area contributed by atoms with Crippen LogP contribution < -0.4 is 0 Å². The zero-order valence-electron chi connectivity index (χ0n) is 16.7. The Morgan fingerprint density at radius 3 is 2.42 bits per heavy atom. The molecule has 0 radical (unpaired) electrons. The predicted molar refractivity (Wildman–Crippen MR) is 120 cm³/mol. The van der Waals surface area contributed by atoms with Crippen molar-refractivity contribution in [3.63, 3.8) is 0 Å². The van der Waals surface area contributed by atoms with E-state index in [4.69, 9.17) is 4.42 Å². The van der Waals surface area contributed by atoms with Crippen LogP contribution in [0, 0.1) is 6.92 Å². The minimum absolute atomic E-state index is 0.175. The molecule has 31 heavy (non-hydrogen) atoms. The number of carboxylic acids is 1. The summed E-state index contributed by atoms with van der Waals surface area (Å²) in [6, 6.07) is 25.1. The number of benzene rings is 3. The van der Waals surface area contributed by atoms with Crippen LogP contribution in [-0.2, 0) is 0 Å². The summed E-state index contributed by atoms with van der Waals surface area (Å²) < 4.78 is 6.01. The maximum Gasteiger partial charge on any atom is 0.336 e. The number of hydrogen-bond donors (Lipinski definition) is 1. The van der Waals surface area contributed by atoms with Crippen LogP contribution in [0.5, 0.6) is 0 Å². The Morgan fingerprint density at radius 1 is 0.871 bits per heavy atom. The second-order valence-corrected chi connectivity index (χ2v) is 7.36. The highest BCUT2D eigenvalue weighted by Gasteiger charge is 2.15. The predicted octanol–water partition coefficient (Wildman–Crippen LogP) is 6.23. The van der Waals surface area contributed by atoms with Crippen molar-refractivity contribution in [2.75, 3.05) is 0 Å². The third-order valence-electron chi connectivity index (χ3n) is 5.17. The molecule has 0 saturated carbocycles. The Kier molecular flexibility index (Phi) is 4.56. The van der Waals surface area contributed by atoms with Crippen LogP contribution in [0.15, 0.2) is 89.5 Å². The van der Waals surface area contributed by atoms with Crippen molar-refractivity contribution in [1.82, 2.24) is 9.97 Å². The molecule has 150 valence electrons. The molecule has 0 bridgehead atoms. The SMILES string of the molecule is Cc1cccc(-c2cccc(-c3cc4ncc(-c5ccccc5C(=O)O)nc4o3)c2)c1. The van der Waals surface area contributed by atoms with Crippen molar-refractivity contribution >= 4 is 17.2 Å². The average Bonchev–Trinajstić information content (AvgIpc) is 3.23. The van der Waals surface area contributed by atoms with E-state index >= 15 is 0 Å². The number of hydrogen-bond acceptors (Lipinski definition) is 4. The molecule has 5 heteroatoms. The Morgan fingerprint density at radius 2 is 1.61 bits per heavy atom. The van der Waals surface area contributed by atoms with Gasteiger partial charge in [0.1, 0.15) is 11.3 Å². The van der Waals surface area contributed by atoms with Gasteiger partial charge >= 0.3 is 5.97 Å². The average molecular weight is 406 g/mol. The van der Waals surface area contributed by atoms with Crippen LogP contribution in [0.3, 0.4) is 0 Å². The molecule has 3 aromatic carbocycles. The molecule has 0 unspecified atom stereocenters. The number of fused-ring (bicyclic) bond motifs is 1. The molecule has 0 saturated heterocycles. The van der Waals surface area contributed by atoms with E-state index in [0.717, 1.165) is 16.7 Å². The zero-order chi connectivity index (χ0) is 21.4. The number of carboxylic acid groups (broad SMARTS) is 1. The Hall–Kier alpha value is -4.25. The molecule has 2 aromatic heterocycles. The number of nitrogens with zero attached hydrogens (tertiary/aromatic N) is 2. The van der Waals surface area contributed by atoms with Crippen molar-refractivity contribution in [3.8, 4) is 33.7 Å². The van der Waals surface area contributed by atoms with Crippen molar-refractivity contribution in [2.24, 2.45) is 0 Å². The molecular formula is C26H18N2O3. The van der Waals surface area contributed by atoms with E-state index in [2.05, 4.69) is 47.2 Å². The summed E-state index contributed by atoms with van der Waals surface area (Å²) in [6.45, 7) is 2.07. The van der Waals surface area contributed by atoms with E-state index in [1.165, 1.54) is 5.56 Å². The molecule has 5 nitrogen and oxygen atoms in total. The van der Waals surface area contributed by atoms with Gasteiger partial charge in [0.25, 0.3) is 0 Å². The molecule has 5 rings (SSSR count). The first-order chi connectivity index (χ1) is 15.1. The van der Waals surface area contributed by atoms with Crippen molar-refractivity contribution in [2.45, 2.75) is 6.92 Å². The Labute approximate surface area is 178 Å². The van der Waals surface area contributed by atoms with Crippen molar-refractivity contribution in [1.29, 1.82) is 0 Å². The molecule has 2 heterocycles. The van der Waals surface area contributed by atoms with Crippen LogP contribution in [0.2, 0.25) is 0 Å². The highest BCUT2D eigenvalue weighted by molar-refractivity contribution is 5.95. The maximum absolute atomic E-state index is 11.5. The summed E-state index contributed by atoms with van der Waals surface area (Å²) >= 11 is 0. The Balaban J connectivity index is 1.56. The second kappa shape index (κ2) is 7.54. The van der Waals surface area contributed by atoms with Crippen LogP contribution in [0.1, 0.15) is 15.9 Å². The molecule has 0 fully saturated rings. The van der Waals surface area contributed by atoms with Crippen molar-refractivity contribution in [3.05, 3.63) is 96.2 Å². The number of rotatable bonds is 4. The molecular weight excluding hydrogens is 388 g/mol. The smallest absolute Gasteiger partial charge is 0.336 e. The fourth-order valence-corrected chi connectivity index (χ4v) is 3.65. The summed E-state index contributed by atoms with van der Waals surface area (Å²) in [6.07, 6.45) is 1.58. The van der Waals surface area contributed by atoms with E-state index in [1.54, 1.807) is 30.5 Å². The van der Waals surface area contributed by atoms with E-state index in [0.29, 0.717) is 28.2 Å². The first kappa shape index (κ1) is 18.8. The number of aromatic carboxylic acids is 1. The monoisotopic (exact) mass is 406 g/mol. The van der Waals surface area contributed by atoms with Crippen molar-refractivity contribution < 1.29 is 14.3 Å². The van der Waals surface area contributed by atoms with Gasteiger partial charge in [-0.05, 0) is 30.2 Å². The van der Waals surface area contributed by atoms with E-state index in [-0.39, 0.29) is 5.56 Å². The minimum Gasteiger partial charge on any atom is -0.478 e. The molecule has 0 aliphatic heterocycles. The maximum atomic E-state index is 11.5. The highest BCUT2D eigenvalue weighted by Crippen LogP contribution is 2.31. The quantitative estimate of drug-likeness (QED) is 0.383. The lowest BCUT2D eigenvalue weighted by Gasteiger charge is -2.05. The van der Waals surface area contributed by atoms with E-state index in [9.17, 15) is 9.90 Å². The minimum atomic E-state index is -1.01. The number of furan rings is 1. The van der Waals surface area contributed by atoms with Crippen LogP contribution in [-0.4, -0.2) is 21.0 Å². The normalized spacial score (nSPS) is 11.0. The summed E-state index contributed by atoms with van der Waals surface area (Å²) in [5.41, 5.74) is 6.49. The number of aromatic nitrogens is 2. The second-order valence-electron chi connectivity index (χ2n) is 7.36. The fourth-order valence-electron chi connectivity index (χ4n) is 3.65. The van der Waals surface area contributed by atoms with Gasteiger partial charge in [-0.1, -0.05) is 66.2 Å². The largest absolute Gasteiger partial charge is 0.478 e. The zero-order valence-corrected chi connectivity index (χ0v) is 16.7. The molecule has 0 atom stereocenters. The van der Waals surface area contributed by atoms with Gasteiger partial charge < -0.3 is 9.52 Å². The lowest BCUT2D eigenvalue weighted by molar-refractivity contribution is 0.0697. The molecule has 0 aliphatic carbocycles. The van der Waals surface area contributed by atoms with Crippen LogP contribution in [0.4, 0.5) is 0 Å². The fraction of sp³-hybridized carbons (Fsp3) is 0.0385. The number of carbonyl (C=O) groups is 1. The molecule has 0 spiro atoms.